The van der Waals surface area contributed by atoms with Gasteiger partial charge in [0.2, 0.25) is 5.91 Å². The van der Waals surface area contributed by atoms with Crippen LogP contribution in [0.1, 0.15) is 18.1 Å². The fraction of sp³-hybridized carbons (Fsp3) is 0.278. The number of rotatable bonds is 6. The second-order valence-corrected chi connectivity index (χ2v) is 6.09. The minimum Gasteiger partial charge on any atom is -0.494 e. The van der Waals surface area contributed by atoms with E-state index in [1.165, 1.54) is 22.9 Å². The molecular formula is C18H21NO2S. The lowest BCUT2D eigenvalue weighted by molar-refractivity contribution is -0.113. The zero-order chi connectivity index (χ0) is 15.9. The van der Waals surface area contributed by atoms with Crippen LogP contribution in [-0.4, -0.2) is 18.3 Å². The molecule has 2 rings (SSSR count). The van der Waals surface area contributed by atoms with E-state index in [1.54, 1.807) is 0 Å². The van der Waals surface area contributed by atoms with Crippen LogP contribution in [0.5, 0.6) is 5.75 Å². The van der Waals surface area contributed by atoms with Gasteiger partial charge in [-0.1, -0.05) is 6.07 Å². The molecule has 0 aliphatic carbocycles. The van der Waals surface area contributed by atoms with E-state index in [-0.39, 0.29) is 5.91 Å². The highest BCUT2D eigenvalue weighted by Crippen LogP contribution is 2.22. The van der Waals surface area contributed by atoms with Crippen molar-refractivity contribution in [1.82, 2.24) is 0 Å². The molecule has 2 aromatic carbocycles. The van der Waals surface area contributed by atoms with Crippen LogP contribution in [-0.2, 0) is 4.79 Å². The number of carbonyl (C=O) groups is 1. The Kier molecular flexibility index (Phi) is 5.90. The molecule has 0 saturated carbocycles. The quantitative estimate of drug-likeness (QED) is 0.801. The lowest BCUT2D eigenvalue weighted by Crippen LogP contribution is -2.14. The molecule has 0 aliphatic rings. The fourth-order valence-corrected chi connectivity index (χ4v) is 2.66. The molecule has 0 bridgehead atoms. The number of carbonyl (C=O) groups excluding carboxylic acids is 1. The van der Waals surface area contributed by atoms with Gasteiger partial charge < -0.3 is 10.1 Å². The van der Waals surface area contributed by atoms with E-state index < -0.39 is 0 Å². The van der Waals surface area contributed by atoms with E-state index in [1.807, 2.05) is 56.3 Å². The summed E-state index contributed by atoms with van der Waals surface area (Å²) in [5.41, 5.74) is 3.25. The largest absolute Gasteiger partial charge is 0.494 e. The van der Waals surface area contributed by atoms with Crippen molar-refractivity contribution >= 4 is 23.4 Å². The van der Waals surface area contributed by atoms with Crippen LogP contribution < -0.4 is 10.1 Å². The van der Waals surface area contributed by atoms with Crippen LogP contribution in [0.15, 0.2) is 47.4 Å². The van der Waals surface area contributed by atoms with Crippen LogP contribution >= 0.6 is 11.8 Å². The third-order valence-electron chi connectivity index (χ3n) is 3.30. The lowest BCUT2D eigenvalue weighted by Gasteiger charge is -2.08. The summed E-state index contributed by atoms with van der Waals surface area (Å²) in [6, 6.07) is 13.7. The van der Waals surface area contributed by atoms with Gasteiger partial charge in [-0.05, 0) is 68.3 Å². The smallest absolute Gasteiger partial charge is 0.234 e. The van der Waals surface area contributed by atoms with Crippen LogP contribution in [0.4, 0.5) is 5.69 Å². The summed E-state index contributed by atoms with van der Waals surface area (Å²) in [4.78, 5) is 13.0. The third-order valence-corrected chi connectivity index (χ3v) is 4.31. The van der Waals surface area contributed by atoms with E-state index in [0.717, 1.165) is 16.3 Å². The molecule has 116 valence electrons. The first-order valence-corrected chi connectivity index (χ1v) is 8.30. The van der Waals surface area contributed by atoms with E-state index in [0.29, 0.717) is 12.4 Å². The maximum Gasteiger partial charge on any atom is 0.234 e. The molecule has 0 aliphatic heterocycles. The minimum absolute atomic E-state index is 0.00198. The Bertz CT molecular complexity index is 638. The SMILES string of the molecule is CCOc1ccc(SCC(=O)Nc2ccc(C)c(C)c2)cc1. The van der Waals surface area contributed by atoms with Crippen molar-refractivity contribution < 1.29 is 9.53 Å². The molecular weight excluding hydrogens is 294 g/mol. The molecule has 4 heteroatoms. The number of nitrogens with one attached hydrogen (secondary N) is 1. The standard InChI is InChI=1S/C18H21NO2S/c1-4-21-16-7-9-17(10-8-16)22-12-18(20)19-15-6-5-13(2)14(3)11-15/h5-11H,4,12H2,1-3H3,(H,19,20). The second kappa shape index (κ2) is 7.90. The first-order chi connectivity index (χ1) is 10.6. The summed E-state index contributed by atoms with van der Waals surface area (Å²) < 4.78 is 5.40. The van der Waals surface area contributed by atoms with Crippen molar-refractivity contribution in [2.24, 2.45) is 0 Å². The van der Waals surface area contributed by atoms with Gasteiger partial charge in [-0.2, -0.15) is 0 Å². The zero-order valence-corrected chi connectivity index (χ0v) is 14.0. The van der Waals surface area contributed by atoms with E-state index in [4.69, 9.17) is 4.74 Å². The molecule has 22 heavy (non-hydrogen) atoms. The molecule has 0 aromatic heterocycles. The van der Waals surface area contributed by atoms with E-state index >= 15 is 0 Å². The Morgan fingerprint density at radius 2 is 1.82 bits per heavy atom. The lowest BCUT2D eigenvalue weighted by atomic mass is 10.1. The predicted molar refractivity (Wildman–Crippen MR) is 92.9 cm³/mol. The van der Waals surface area contributed by atoms with Crippen LogP contribution in [0.3, 0.4) is 0 Å². The molecule has 0 atom stereocenters. The van der Waals surface area contributed by atoms with Crippen molar-refractivity contribution in [3.05, 3.63) is 53.6 Å². The maximum absolute atomic E-state index is 12.0. The van der Waals surface area contributed by atoms with Crippen molar-refractivity contribution in [3.8, 4) is 5.75 Å². The summed E-state index contributed by atoms with van der Waals surface area (Å²) in [5.74, 6) is 1.24. The van der Waals surface area contributed by atoms with Gasteiger partial charge in [0.1, 0.15) is 5.75 Å². The summed E-state index contributed by atoms with van der Waals surface area (Å²) in [7, 11) is 0. The topological polar surface area (TPSA) is 38.3 Å². The first kappa shape index (κ1) is 16.4. The fourth-order valence-electron chi connectivity index (χ4n) is 1.96. The van der Waals surface area contributed by atoms with Crippen LogP contribution in [0.2, 0.25) is 0 Å². The van der Waals surface area contributed by atoms with E-state index in [2.05, 4.69) is 12.2 Å². The predicted octanol–water partition coefficient (Wildman–Crippen LogP) is 4.43. The summed E-state index contributed by atoms with van der Waals surface area (Å²) in [6.07, 6.45) is 0. The highest BCUT2D eigenvalue weighted by atomic mass is 32.2. The van der Waals surface area contributed by atoms with Crippen molar-refractivity contribution in [1.29, 1.82) is 0 Å². The van der Waals surface area contributed by atoms with Crippen LogP contribution in [0, 0.1) is 13.8 Å². The van der Waals surface area contributed by atoms with Gasteiger partial charge in [0.15, 0.2) is 0 Å². The van der Waals surface area contributed by atoms with Crippen LogP contribution in [0.25, 0.3) is 0 Å². The highest BCUT2D eigenvalue weighted by molar-refractivity contribution is 8.00. The molecule has 0 spiro atoms. The Labute approximate surface area is 136 Å². The molecule has 0 heterocycles. The van der Waals surface area contributed by atoms with Gasteiger partial charge in [-0.25, -0.2) is 0 Å². The molecule has 0 fully saturated rings. The van der Waals surface area contributed by atoms with Gasteiger partial charge in [0.25, 0.3) is 0 Å². The first-order valence-electron chi connectivity index (χ1n) is 7.31. The maximum atomic E-state index is 12.0. The molecule has 2 aromatic rings. The summed E-state index contributed by atoms with van der Waals surface area (Å²) >= 11 is 1.51. The molecule has 0 saturated heterocycles. The van der Waals surface area contributed by atoms with Gasteiger partial charge in [0, 0.05) is 10.6 Å². The molecule has 3 nitrogen and oxygen atoms in total. The van der Waals surface area contributed by atoms with Crippen molar-refractivity contribution in [3.63, 3.8) is 0 Å². The Morgan fingerprint density at radius 1 is 1.09 bits per heavy atom. The summed E-state index contributed by atoms with van der Waals surface area (Å²) in [6.45, 7) is 6.72. The Morgan fingerprint density at radius 3 is 2.45 bits per heavy atom. The normalized spacial score (nSPS) is 10.3. The molecule has 1 N–H and O–H groups in total. The number of amides is 1. The number of hydrogen-bond donors (Lipinski definition) is 1. The van der Waals surface area contributed by atoms with Crippen molar-refractivity contribution in [2.45, 2.75) is 25.7 Å². The van der Waals surface area contributed by atoms with Gasteiger partial charge in [0.05, 0.1) is 12.4 Å². The average Bonchev–Trinajstić information content (AvgIpc) is 2.51. The van der Waals surface area contributed by atoms with Gasteiger partial charge in [-0.3, -0.25) is 4.79 Å². The zero-order valence-electron chi connectivity index (χ0n) is 13.2. The number of ether oxygens (including phenoxy) is 1. The minimum atomic E-state index is 0.00198. The van der Waals surface area contributed by atoms with Crippen molar-refractivity contribution in [2.75, 3.05) is 17.7 Å². The number of aryl methyl sites for hydroxylation is 2. The molecule has 1 amide bonds. The highest BCUT2D eigenvalue weighted by Gasteiger charge is 2.05. The Hall–Kier alpha value is -1.94. The average molecular weight is 315 g/mol. The number of benzene rings is 2. The number of hydrogen-bond acceptors (Lipinski definition) is 3. The second-order valence-electron chi connectivity index (χ2n) is 5.04. The van der Waals surface area contributed by atoms with Gasteiger partial charge in [-0.15, -0.1) is 11.8 Å². The van der Waals surface area contributed by atoms with Gasteiger partial charge >= 0.3 is 0 Å². The number of thioether (sulfide) groups is 1. The number of anilines is 1. The molecule has 0 radical (unpaired) electrons. The van der Waals surface area contributed by atoms with E-state index in [9.17, 15) is 4.79 Å². The third kappa shape index (κ3) is 4.81. The summed E-state index contributed by atoms with van der Waals surface area (Å²) in [5, 5.41) is 2.93. The monoisotopic (exact) mass is 315 g/mol. The molecule has 0 unspecified atom stereocenters. The Balaban J connectivity index is 1.85.